The molecule has 7 heteroatoms. The zero-order valence-corrected chi connectivity index (χ0v) is 10.8. The lowest BCUT2D eigenvalue weighted by atomic mass is 9.91. The fourth-order valence-electron chi connectivity index (χ4n) is 1.93. The van der Waals surface area contributed by atoms with Crippen LogP contribution < -0.4 is 5.73 Å². The highest BCUT2D eigenvalue weighted by atomic mass is 35.5. The van der Waals surface area contributed by atoms with Gasteiger partial charge in [-0.2, -0.15) is 0 Å². The first-order chi connectivity index (χ1) is 7.68. The van der Waals surface area contributed by atoms with Crippen LogP contribution in [0.3, 0.4) is 0 Å². The normalized spacial score (nSPS) is 18.4. The number of halogens is 1. The first-order valence-electron chi connectivity index (χ1n) is 5.26. The number of hydrogen-bond acceptors (Lipinski definition) is 5. The average Bonchev–Trinajstić information content (AvgIpc) is 2.78. The molecule has 1 aromatic heterocycles. The van der Waals surface area contributed by atoms with Crippen molar-refractivity contribution >= 4 is 28.7 Å². The largest absolute Gasteiger partial charge is 0.381 e. The number of nitrogens with zero attached hydrogens (tertiary/aromatic N) is 1. The Morgan fingerprint density at radius 1 is 1.47 bits per heavy atom. The second-order valence-corrected chi connectivity index (χ2v) is 5.00. The van der Waals surface area contributed by atoms with E-state index >= 15 is 0 Å². The van der Waals surface area contributed by atoms with E-state index in [2.05, 4.69) is 0 Å². The molecule has 2 N–H and O–H groups in total. The second kappa shape index (κ2) is 6.30. The number of rotatable bonds is 3. The minimum atomic E-state index is -0.370. The third-order valence-electron chi connectivity index (χ3n) is 2.89. The molecule has 0 aliphatic carbocycles. The minimum Gasteiger partial charge on any atom is -0.381 e. The molecule has 0 aromatic carbocycles. The number of thiophene rings is 1. The fraction of sp³-hybridized carbons (Fsp3) is 0.600. The summed E-state index contributed by atoms with van der Waals surface area (Å²) >= 11 is 1.18. The summed E-state index contributed by atoms with van der Waals surface area (Å²) in [5.41, 5.74) is 6.12. The quantitative estimate of drug-likeness (QED) is 0.681. The molecule has 0 amide bonds. The molecule has 1 saturated heterocycles. The van der Waals surface area contributed by atoms with Gasteiger partial charge in [0.25, 0.3) is 0 Å². The first-order valence-corrected chi connectivity index (χ1v) is 6.07. The van der Waals surface area contributed by atoms with E-state index in [0.29, 0.717) is 5.92 Å². The molecule has 2 heterocycles. The molecule has 96 valence electrons. The molecule has 0 saturated carbocycles. The maximum absolute atomic E-state index is 10.6. The summed E-state index contributed by atoms with van der Waals surface area (Å²) in [5.74, 6) is 0.381. The Kier molecular flexibility index (Phi) is 5.32. The van der Waals surface area contributed by atoms with Gasteiger partial charge in [-0.15, -0.1) is 12.4 Å². The molecule has 0 unspecified atom stereocenters. The van der Waals surface area contributed by atoms with E-state index in [1.165, 1.54) is 17.4 Å². The molecule has 1 atom stereocenters. The Morgan fingerprint density at radius 2 is 2.12 bits per heavy atom. The van der Waals surface area contributed by atoms with Gasteiger partial charge in [-0.1, -0.05) is 11.3 Å². The van der Waals surface area contributed by atoms with Crippen LogP contribution in [0.5, 0.6) is 0 Å². The highest BCUT2D eigenvalue weighted by Gasteiger charge is 2.24. The van der Waals surface area contributed by atoms with Crippen molar-refractivity contribution in [1.82, 2.24) is 0 Å². The standard InChI is InChI=1S/C10H14N2O3S.ClH/c11-10(7-3-5-15-6-4-7)8-1-2-9(16-8)12(13)14;/h1-2,7,10H,3-6,11H2;1H/t10-;/m0./s1. The van der Waals surface area contributed by atoms with Gasteiger partial charge >= 0.3 is 5.00 Å². The van der Waals surface area contributed by atoms with Crippen molar-refractivity contribution in [2.24, 2.45) is 11.7 Å². The van der Waals surface area contributed by atoms with Crippen LogP contribution in [0.25, 0.3) is 0 Å². The molecule has 17 heavy (non-hydrogen) atoms. The molecular weight excluding hydrogens is 264 g/mol. The van der Waals surface area contributed by atoms with Crippen molar-refractivity contribution < 1.29 is 9.66 Å². The third kappa shape index (κ3) is 3.38. The number of nitrogens with two attached hydrogens (primary N) is 1. The minimum absolute atomic E-state index is 0. The highest BCUT2D eigenvalue weighted by molar-refractivity contribution is 7.15. The molecule has 5 nitrogen and oxygen atoms in total. The van der Waals surface area contributed by atoms with E-state index in [1.54, 1.807) is 6.07 Å². The van der Waals surface area contributed by atoms with Crippen molar-refractivity contribution in [3.8, 4) is 0 Å². The van der Waals surface area contributed by atoms with E-state index in [-0.39, 0.29) is 28.4 Å². The third-order valence-corrected chi connectivity index (χ3v) is 4.03. The monoisotopic (exact) mass is 278 g/mol. The van der Waals surface area contributed by atoms with Crippen LogP contribution >= 0.6 is 23.7 Å². The second-order valence-electron chi connectivity index (χ2n) is 3.91. The Balaban J connectivity index is 0.00000144. The van der Waals surface area contributed by atoms with Gasteiger partial charge in [-0.05, 0) is 24.8 Å². The topological polar surface area (TPSA) is 78.4 Å². The number of ether oxygens (including phenoxy) is 1. The molecule has 1 aromatic rings. The summed E-state index contributed by atoms with van der Waals surface area (Å²) in [6.07, 6.45) is 1.87. The van der Waals surface area contributed by atoms with Crippen LogP contribution in [0.2, 0.25) is 0 Å². The molecule has 1 fully saturated rings. The predicted octanol–water partition coefficient (Wildman–Crippen LogP) is 2.50. The fourth-order valence-corrected chi connectivity index (χ4v) is 2.84. The maximum Gasteiger partial charge on any atom is 0.324 e. The summed E-state index contributed by atoms with van der Waals surface area (Å²) in [7, 11) is 0. The molecular formula is C10H15ClN2O3S. The van der Waals surface area contributed by atoms with Gasteiger partial charge in [0, 0.05) is 30.2 Å². The average molecular weight is 279 g/mol. The van der Waals surface area contributed by atoms with Gasteiger partial charge in [0.2, 0.25) is 0 Å². The lowest BCUT2D eigenvalue weighted by Crippen LogP contribution is -2.26. The summed E-state index contributed by atoms with van der Waals surface area (Å²) < 4.78 is 5.27. The van der Waals surface area contributed by atoms with Gasteiger partial charge < -0.3 is 10.5 Å². The highest BCUT2D eigenvalue weighted by Crippen LogP contribution is 2.34. The molecule has 2 rings (SSSR count). The van der Waals surface area contributed by atoms with Crippen molar-refractivity contribution in [1.29, 1.82) is 0 Å². The Labute approximate surface area is 110 Å². The van der Waals surface area contributed by atoms with Crippen molar-refractivity contribution in [2.75, 3.05) is 13.2 Å². The van der Waals surface area contributed by atoms with Crippen molar-refractivity contribution in [2.45, 2.75) is 18.9 Å². The van der Waals surface area contributed by atoms with Gasteiger partial charge in [0.1, 0.15) is 0 Å². The Hall–Kier alpha value is -0.690. The van der Waals surface area contributed by atoms with Crippen LogP contribution in [0, 0.1) is 16.0 Å². The molecule has 1 aliphatic rings. The zero-order valence-electron chi connectivity index (χ0n) is 9.20. The number of hydrogen-bond donors (Lipinski definition) is 1. The van der Waals surface area contributed by atoms with Crippen LogP contribution in [0.15, 0.2) is 12.1 Å². The Bertz CT molecular complexity index is 379. The van der Waals surface area contributed by atoms with E-state index in [4.69, 9.17) is 10.5 Å². The molecule has 0 radical (unpaired) electrons. The lowest BCUT2D eigenvalue weighted by molar-refractivity contribution is -0.380. The van der Waals surface area contributed by atoms with E-state index in [0.717, 1.165) is 30.9 Å². The summed E-state index contributed by atoms with van der Waals surface area (Å²) in [5, 5.41) is 10.7. The smallest absolute Gasteiger partial charge is 0.324 e. The van der Waals surface area contributed by atoms with Crippen LogP contribution in [0.4, 0.5) is 5.00 Å². The number of nitro groups is 1. The molecule has 0 spiro atoms. The summed E-state index contributed by atoms with van der Waals surface area (Å²) in [6, 6.07) is 3.20. The Morgan fingerprint density at radius 3 is 2.65 bits per heavy atom. The molecule has 1 aliphatic heterocycles. The summed E-state index contributed by atoms with van der Waals surface area (Å²) in [6.45, 7) is 1.48. The maximum atomic E-state index is 10.6. The van der Waals surface area contributed by atoms with Gasteiger partial charge in [0.15, 0.2) is 0 Å². The summed E-state index contributed by atoms with van der Waals surface area (Å²) in [4.78, 5) is 11.1. The van der Waals surface area contributed by atoms with Crippen molar-refractivity contribution in [3.05, 3.63) is 27.1 Å². The van der Waals surface area contributed by atoms with Crippen LogP contribution in [0.1, 0.15) is 23.8 Å². The van der Waals surface area contributed by atoms with Gasteiger partial charge in [-0.25, -0.2) is 0 Å². The van der Waals surface area contributed by atoms with Crippen LogP contribution in [-0.2, 0) is 4.74 Å². The SMILES string of the molecule is Cl.N[C@H](c1ccc([N+](=O)[O-])s1)C1CCOCC1. The van der Waals surface area contributed by atoms with E-state index in [9.17, 15) is 10.1 Å². The lowest BCUT2D eigenvalue weighted by Gasteiger charge is -2.26. The predicted molar refractivity (Wildman–Crippen MR) is 68.7 cm³/mol. The zero-order chi connectivity index (χ0) is 11.5. The molecule has 0 bridgehead atoms. The van der Waals surface area contributed by atoms with Gasteiger partial charge in [0.05, 0.1) is 4.92 Å². The van der Waals surface area contributed by atoms with Crippen molar-refractivity contribution in [3.63, 3.8) is 0 Å². The van der Waals surface area contributed by atoms with E-state index in [1.807, 2.05) is 0 Å². The first kappa shape index (κ1) is 14.4. The van der Waals surface area contributed by atoms with Crippen LogP contribution in [-0.4, -0.2) is 18.1 Å². The van der Waals surface area contributed by atoms with Gasteiger partial charge in [-0.3, -0.25) is 10.1 Å². The van der Waals surface area contributed by atoms with E-state index < -0.39 is 0 Å².